The molecule has 0 unspecified atom stereocenters. The summed E-state index contributed by atoms with van der Waals surface area (Å²) in [5, 5.41) is 15.8. The molecule has 3 heterocycles. The summed E-state index contributed by atoms with van der Waals surface area (Å²) in [5.41, 5.74) is 1.01. The molecule has 0 radical (unpaired) electrons. The zero-order valence-corrected chi connectivity index (χ0v) is 16.0. The van der Waals surface area contributed by atoms with Gasteiger partial charge in [-0.3, -0.25) is 19.7 Å². The predicted molar refractivity (Wildman–Crippen MR) is 105 cm³/mol. The molecule has 2 aromatic carbocycles. The number of hydrogen-bond acceptors (Lipinski definition) is 6. The van der Waals surface area contributed by atoms with Crippen LogP contribution in [0.5, 0.6) is 0 Å². The monoisotopic (exact) mass is 412 g/mol. The number of fused-ring (bicyclic) bond motifs is 3. The number of benzene rings is 2. The van der Waals surface area contributed by atoms with Gasteiger partial charge in [0.25, 0.3) is 11.6 Å². The van der Waals surface area contributed by atoms with Crippen molar-refractivity contribution in [3.8, 4) is 0 Å². The molecular weight excluding hydrogens is 396 g/mol. The Labute approximate surface area is 171 Å². The van der Waals surface area contributed by atoms with E-state index < -0.39 is 16.9 Å². The molecule has 3 fully saturated rings. The maximum atomic E-state index is 13.4. The van der Waals surface area contributed by atoms with E-state index in [2.05, 4.69) is 5.01 Å². The second-order valence-corrected chi connectivity index (χ2v) is 7.87. The zero-order valence-electron chi connectivity index (χ0n) is 15.3. The van der Waals surface area contributed by atoms with E-state index in [4.69, 9.17) is 11.6 Å². The zero-order chi connectivity index (χ0) is 20.3. The van der Waals surface area contributed by atoms with Crippen LogP contribution in [0.4, 0.5) is 11.4 Å². The van der Waals surface area contributed by atoms with Crippen molar-refractivity contribution in [3.63, 3.8) is 0 Å². The van der Waals surface area contributed by atoms with Crippen molar-refractivity contribution in [1.82, 2.24) is 10.0 Å². The lowest BCUT2D eigenvalue weighted by atomic mass is 9.90. The summed E-state index contributed by atoms with van der Waals surface area (Å²) in [7, 11) is 0. The van der Waals surface area contributed by atoms with E-state index in [1.807, 2.05) is 17.1 Å². The highest BCUT2D eigenvalue weighted by Gasteiger charge is 2.62. The van der Waals surface area contributed by atoms with E-state index in [0.717, 1.165) is 23.4 Å². The third-order valence-electron chi connectivity index (χ3n) is 5.92. The third-order valence-corrected chi connectivity index (χ3v) is 6.17. The van der Waals surface area contributed by atoms with Crippen LogP contribution >= 0.6 is 11.6 Å². The van der Waals surface area contributed by atoms with Gasteiger partial charge in [0.1, 0.15) is 6.04 Å². The number of nitrogens with zero attached hydrogens (tertiary/aromatic N) is 4. The standard InChI is InChI=1S/C20H17ClN4O4/c21-13-7-5-12(6-8-13)17-16-18(23-10-2-9-22(17)23)20(27)24(19(16)26)14-3-1-4-15(11-14)25(28)29/h1,3-8,11,16-18H,2,9-10H2/t16-,17+,18+/m0/s1. The lowest BCUT2D eigenvalue weighted by Crippen LogP contribution is -2.44. The van der Waals surface area contributed by atoms with Crippen LogP contribution in [0.2, 0.25) is 5.02 Å². The highest BCUT2D eigenvalue weighted by Crippen LogP contribution is 2.49. The van der Waals surface area contributed by atoms with E-state index in [1.165, 1.54) is 18.2 Å². The molecule has 3 atom stereocenters. The summed E-state index contributed by atoms with van der Waals surface area (Å²) >= 11 is 6.03. The number of non-ortho nitro benzene ring substituents is 1. The Balaban J connectivity index is 1.57. The van der Waals surface area contributed by atoms with Crippen LogP contribution in [0, 0.1) is 16.0 Å². The Morgan fingerprint density at radius 1 is 0.966 bits per heavy atom. The van der Waals surface area contributed by atoms with Crippen molar-refractivity contribution in [2.75, 3.05) is 18.0 Å². The van der Waals surface area contributed by atoms with Gasteiger partial charge >= 0.3 is 0 Å². The molecule has 3 aliphatic heterocycles. The van der Waals surface area contributed by atoms with Crippen LogP contribution < -0.4 is 4.90 Å². The van der Waals surface area contributed by atoms with Gasteiger partial charge in [0.2, 0.25) is 5.91 Å². The summed E-state index contributed by atoms with van der Waals surface area (Å²) in [6.07, 6.45) is 0.908. The van der Waals surface area contributed by atoms with Crippen molar-refractivity contribution >= 4 is 34.8 Å². The molecule has 5 rings (SSSR count). The number of amides is 2. The van der Waals surface area contributed by atoms with Crippen LogP contribution in [-0.2, 0) is 9.59 Å². The second-order valence-electron chi connectivity index (χ2n) is 7.44. The Bertz CT molecular complexity index is 1030. The summed E-state index contributed by atoms with van der Waals surface area (Å²) in [5.74, 6) is -1.22. The molecule has 0 saturated carbocycles. The highest BCUT2D eigenvalue weighted by atomic mass is 35.5. The second kappa shape index (κ2) is 6.62. The van der Waals surface area contributed by atoms with Crippen molar-refractivity contribution < 1.29 is 14.5 Å². The number of imide groups is 1. The largest absolute Gasteiger partial charge is 0.274 e. The minimum Gasteiger partial charge on any atom is -0.274 e. The van der Waals surface area contributed by atoms with E-state index >= 15 is 0 Å². The molecule has 9 heteroatoms. The van der Waals surface area contributed by atoms with Crippen LogP contribution in [0.25, 0.3) is 0 Å². The van der Waals surface area contributed by atoms with Crippen LogP contribution in [0.1, 0.15) is 18.0 Å². The lowest BCUT2D eigenvalue weighted by molar-refractivity contribution is -0.384. The summed E-state index contributed by atoms with van der Waals surface area (Å²) < 4.78 is 0. The van der Waals surface area contributed by atoms with Gasteiger partial charge in [-0.2, -0.15) is 0 Å². The highest BCUT2D eigenvalue weighted by molar-refractivity contribution is 6.30. The number of carbonyl (C=O) groups excluding carboxylic acids is 2. The first kappa shape index (κ1) is 18.2. The maximum Gasteiger partial charge on any atom is 0.271 e. The first-order chi connectivity index (χ1) is 14.0. The first-order valence-electron chi connectivity index (χ1n) is 9.38. The molecule has 0 aliphatic carbocycles. The molecule has 3 saturated heterocycles. The molecule has 2 aromatic rings. The summed E-state index contributed by atoms with van der Waals surface area (Å²) in [6, 6.07) is 12.1. The molecule has 0 spiro atoms. The fourth-order valence-corrected chi connectivity index (χ4v) is 4.90. The molecule has 29 heavy (non-hydrogen) atoms. The Kier molecular flexibility index (Phi) is 4.16. The van der Waals surface area contributed by atoms with Crippen molar-refractivity contribution in [1.29, 1.82) is 0 Å². The Morgan fingerprint density at radius 3 is 2.34 bits per heavy atom. The van der Waals surface area contributed by atoms with Crippen molar-refractivity contribution in [3.05, 3.63) is 69.2 Å². The Hall–Kier alpha value is -2.81. The number of hydrazine groups is 1. The lowest BCUT2D eigenvalue weighted by Gasteiger charge is -2.29. The van der Waals surface area contributed by atoms with Gasteiger partial charge < -0.3 is 0 Å². The minimum atomic E-state index is -0.593. The fourth-order valence-electron chi connectivity index (χ4n) is 4.77. The van der Waals surface area contributed by atoms with Gasteiger partial charge in [-0.1, -0.05) is 29.8 Å². The normalized spacial score (nSPS) is 26.8. The molecular formula is C20H17ClN4O4. The van der Waals surface area contributed by atoms with E-state index in [9.17, 15) is 19.7 Å². The molecule has 8 nitrogen and oxygen atoms in total. The van der Waals surface area contributed by atoms with Gasteiger partial charge in [0.05, 0.1) is 22.6 Å². The first-order valence-corrected chi connectivity index (χ1v) is 9.76. The number of nitro benzene ring substituents is 1. The number of carbonyl (C=O) groups is 2. The summed E-state index contributed by atoms with van der Waals surface area (Å²) in [4.78, 5) is 38.4. The summed E-state index contributed by atoms with van der Waals surface area (Å²) in [6.45, 7) is 1.48. The average molecular weight is 413 g/mol. The van der Waals surface area contributed by atoms with Gasteiger partial charge in [-0.05, 0) is 30.2 Å². The fraction of sp³-hybridized carbons (Fsp3) is 0.300. The van der Waals surface area contributed by atoms with Gasteiger partial charge in [0.15, 0.2) is 0 Å². The smallest absolute Gasteiger partial charge is 0.271 e. The molecule has 3 aliphatic rings. The van der Waals surface area contributed by atoms with Gasteiger partial charge in [0, 0.05) is 30.2 Å². The molecule has 0 bridgehead atoms. The molecule has 2 amide bonds. The molecule has 0 N–H and O–H groups in total. The number of nitro groups is 1. The number of anilines is 1. The average Bonchev–Trinajstić information content (AvgIpc) is 3.35. The Morgan fingerprint density at radius 2 is 1.66 bits per heavy atom. The SMILES string of the molecule is O=C1[C@H]2[C@@H](c3ccc(Cl)cc3)N3CCCN3[C@H]2C(=O)N1c1cccc([N+](=O)[O-])c1. The number of rotatable bonds is 3. The number of hydrogen-bond donors (Lipinski definition) is 0. The molecule has 0 aromatic heterocycles. The van der Waals surface area contributed by atoms with Crippen LogP contribution in [-0.4, -0.2) is 45.9 Å². The quantitative estimate of drug-likeness (QED) is 0.437. The van der Waals surface area contributed by atoms with Crippen LogP contribution in [0.15, 0.2) is 48.5 Å². The van der Waals surface area contributed by atoms with Crippen molar-refractivity contribution in [2.24, 2.45) is 5.92 Å². The van der Waals surface area contributed by atoms with E-state index in [1.54, 1.807) is 18.2 Å². The van der Waals surface area contributed by atoms with Crippen LogP contribution in [0.3, 0.4) is 0 Å². The maximum absolute atomic E-state index is 13.4. The van der Waals surface area contributed by atoms with Crippen molar-refractivity contribution in [2.45, 2.75) is 18.5 Å². The van der Waals surface area contributed by atoms with Gasteiger partial charge in [-0.15, -0.1) is 0 Å². The third kappa shape index (κ3) is 2.67. The molecule has 148 valence electrons. The van der Waals surface area contributed by atoms with E-state index in [0.29, 0.717) is 11.6 Å². The number of halogens is 1. The van der Waals surface area contributed by atoms with E-state index in [-0.39, 0.29) is 29.2 Å². The minimum absolute atomic E-state index is 0.155. The van der Waals surface area contributed by atoms with Gasteiger partial charge in [-0.25, -0.2) is 14.9 Å². The predicted octanol–water partition coefficient (Wildman–Crippen LogP) is 2.78. The topological polar surface area (TPSA) is 87.0 Å².